The lowest BCUT2D eigenvalue weighted by Crippen LogP contribution is -2.33. The van der Waals surface area contributed by atoms with Gasteiger partial charge in [-0.2, -0.15) is 0 Å². The van der Waals surface area contributed by atoms with Crippen LogP contribution in [-0.2, 0) is 4.79 Å². The van der Waals surface area contributed by atoms with Gasteiger partial charge in [0.25, 0.3) is 11.1 Å². The minimum atomic E-state index is -0.334. The van der Waals surface area contributed by atoms with Gasteiger partial charge in [-0.3, -0.25) is 14.5 Å². The highest BCUT2D eigenvalue weighted by molar-refractivity contribution is 8.18. The number of carbonyl (C=O) groups excluding carboxylic acids is 2. The summed E-state index contributed by atoms with van der Waals surface area (Å²) < 4.78 is 0. The summed E-state index contributed by atoms with van der Waals surface area (Å²) in [6.07, 6.45) is 1.71. The summed E-state index contributed by atoms with van der Waals surface area (Å²) in [5.74, 6) is -0.334. The smallest absolute Gasteiger partial charge is 0.295 e. The molecule has 0 aromatic heterocycles. The number of nitrogens with one attached hydrogen (secondary N) is 1. The van der Waals surface area contributed by atoms with E-state index in [1.54, 1.807) is 24.3 Å². The fourth-order valence-corrected chi connectivity index (χ4v) is 3.33. The van der Waals surface area contributed by atoms with Crippen LogP contribution in [0.4, 0.5) is 10.5 Å². The fourth-order valence-electron chi connectivity index (χ4n) is 2.13. The molecule has 1 fully saturated rings. The Balaban J connectivity index is 1.73. The summed E-state index contributed by atoms with van der Waals surface area (Å²) in [6.45, 7) is 0.0247. The fraction of sp³-hybridized carbons (Fsp3) is 0.0588. The molecule has 7 heteroatoms. The topological polar surface area (TPSA) is 49.4 Å². The van der Waals surface area contributed by atoms with E-state index in [4.69, 9.17) is 23.2 Å². The van der Waals surface area contributed by atoms with Gasteiger partial charge < -0.3 is 5.32 Å². The summed E-state index contributed by atoms with van der Waals surface area (Å²) in [5, 5.41) is 3.62. The van der Waals surface area contributed by atoms with E-state index in [0.29, 0.717) is 20.6 Å². The molecular formula is C17H12Cl2N2O2S. The summed E-state index contributed by atoms with van der Waals surface area (Å²) >= 11 is 12.9. The van der Waals surface area contributed by atoms with Crippen LogP contribution in [0.2, 0.25) is 10.0 Å². The predicted octanol–water partition coefficient (Wildman–Crippen LogP) is 5.10. The standard InChI is InChI=1S/C17H12Cl2N2O2S/c18-12-6-7-13(19)14(9-12)20-10-21-16(22)15(24-17(21)23)8-11-4-2-1-3-5-11/h1-9,20H,10H2/b15-8-. The van der Waals surface area contributed by atoms with Crippen molar-refractivity contribution in [3.63, 3.8) is 0 Å². The number of carbonyl (C=O) groups is 2. The van der Waals surface area contributed by atoms with E-state index in [2.05, 4.69) is 5.32 Å². The van der Waals surface area contributed by atoms with Gasteiger partial charge in [-0.25, -0.2) is 0 Å². The van der Waals surface area contributed by atoms with Crippen molar-refractivity contribution in [3.05, 3.63) is 69.0 Å². The van der Waals surface area contributed by atoms with Gasteiger partial charge in [0.05, 0.1) is 22.3 Å². The second kappa shape index (κ2) is 7.30. The molecule has 1 aliphatic heterocycles. The minimum Gasteiger partial charge on any atom is -0.366 e. The maximum absolute atomic E-state index is 12.4. The van der Waals surface area contributed by atoms with Crippen molar-refractivity contribution in [1.29, 1.82) is 0 Å². The normalized spacial score (nSPS) is 16.1. The lowest BCUT2D eigenvalue weighted by atomic mass is 10.2. The van der Waals surface area contributed by atoms with Crippen LogP contribution in [0, 0.1) is 0 Å². The Hall–Kier alpha value is -1.95. The maximum atomic E-state index is 12.4. The van der Waals surface area contributed by atoms with Crippen molar-refractivity contribution in [3.8, 4) is 0 Å². The van der Waals surface area contributed by atoms with Crippen LogP contribution in [0.1, 0.15) is 5.56 Å². The molecule has 0 aliphatic carbocycles. The number of hydrogen-bond acceptors (Lipinski definition) is 4. The molecule has 1 aliphatic rings. The number of anilines is 1. The van der Waals surface area contributed by atoms with Gasteiger partial charge in [0.15, 0.2) is 0 Å². The summed E-state index contributed by atoms with van der Waals surface area (Å²) in [5.41, 5.74) is 1.43. The first-order valence-electron chi connectivity index (χ1n) is 7.04. The van der Waals surface area contributed by atoms with Crippen LogP contribution in [0.15, 0.2) is 53.4 Å². The number of thioether (sulfide) groups is 1. The molecule has 0 bridgehead atoms. The zero-order valence-corrected chi connectivity index (χ0v) is 14.7. The molecule has 2 amide bonds. The van der Waals surface area contributed by atoms with Crippen molar-refractivity contribution < 1.29 is 9.59 Å². The van der Waals surface area contributed by atoms with E-state index in [1.165, 1.54) is 0 Å². The minimum absolute atomic E-state index is 0.0247. The van der Waals surface area contributed by atoms with Crippen LogP contribution < -0.4 is 5.32 Å². The molecule has 0 saturated carbocycles. The Bertz CT molecular complexity index is 825. The van der Waals surface area contributed by atoms with Crippen molar-refractivity contribution >= 4 is 57.9 Å². The molecule has 0 spiro atoms. The van der Waals surface area contributed by atoms with Gasteiger partial charge in [-0.15, -0.1) is 0 Å². The van der Waals surface area contributed by atoms with E-state index in [9.17, 15) is 9.59 Å². The second-order valence-corrected chi connectivity index (χ2v) is 6.82. The lowest BCUT2D eigenvalue weighted by Gasteiger charge is -2.15. The number of amides is 2. The predicted molar refractivity (Wildman–Crippen MR) is 99.2 cm³/mol. The van der Waals surface area contributed by atoms with E-state index < -0.39 is 0 Å². The Labute approximate surface area is 153 Å². The highest BCUT2D eigenvalue weighted by Gasteiger charge is 2.34. The van der Waals surface area contributed by atoms with E-state index in [0.717, 1.165) is 22.2 Å². The second-order valence-electron chi connectivity index (χ2n) is 4.98. The van der Waals surface area contributed by atoms with Crippen LogP contribution >= 0.6 is 35.0 Å². The summed E-state index contributed by atoms with van der Waals surface area (Å²) in [7, 11) is 0. The number of nitrogens with zero attached hydrogens (tertiary/aromatic N) is 1. The van der Waals surface area contributed by atoms with Gasteiger partial charge in [0, 0.05) is 5.02 Å². The molecule has 1 heterocycles. The molecule has 0 unspecified atom stereocenters. The van der Waals surface area contributed by atoms with E-state index >= 15 is 0 Å². The van der Waals surface area contributed by atoms with Gasteiger partial charge >= 0.3 is 0 Å². The van der Waals surface area contributed by atoms with E-state index in [-0.39, 0.29) is 17.8 Å². The Kier molecular flexibility index (Phi) is 5.14. The number of benzene rings is 2. The summed E-state index contributed by atoms with van der Waals surface area (Å²) in [4.78, 5) is 26.0. The molecule has 122 valence electrons. The molecule has 4 nitrogen and oxygen atoms in total. The van der Waals surface area contributed by atoms with Gasteiger partial charge in [-0.1, -0.05) is 53.5 Å². The van der Waals surface area contributed by atoms with Crippen LogP contribution in [-0.4, -0.2) is 22.7 Å². The van der Waals surface area contributed by atoms with Crippen LogP contribution in [0.5, 0.6) is 0 Å². The van der Waals surface area contributed by atoms with Crippen molar-refractivity contribution in [1.82, 2.24) is 4.90 Å². The highest BCUT2D eigenvalue weighted by Crippen LogP contribution is 2.32. The number of halogens is 2. The molecule has 0 radical (unpaired) electrons. The molecule has 2 aromatic rings. The molecule has 3 rings (SSSR count). The zero-order valence-electron chi connectivity index (χ0n) is 12.3. The van der Waals surface area contributed by atoms with Crippen molar-refractivity contribution in [2.24, 2.45) is 0 Å². The Morgan fingerprint density at radius 3 is 2.58 bits per heavy atom. The molecule has 1 saturated heterocycles. The zero-order chi connectivity index (χ0) is 17.1. The Morgan fingerprint density at radius 2 is 1.83 bits per heavy atom. The van der Waals surface area contributed by atoms with Gasteiger partial charge in [0.1, 0.15) is 0 Å². The number of rotatable bonds is 4. The third kappa shape index (κ3) is 3.75. The average Bonchev–Trinajstić information content (AvgIpc) is 2.83. The number of hydrogen-bond donors (Lipinski definition) is 1. The quantitative estimate of drug-likeness (QED) is 0.751. The average molecular weight is 379 g/mol. The molecule has 1 N–H and O–H groups in total. The van der Waals surface area contributed by atoms with Crippen molar-refractivity contribution in [2.45, 2.75) is 0 Å². The molecule has 2 aromatic carbocycles. The SMILES string of the molecule is O=C1S/C(=C\c2ccccc2)C(=O)N1CNc1cc(Cl)ccc1Cl. The molecule has 0 atom stereocenters. The van der Waals surface area contributed by atoms with Crippen LogP contribution in [0.25, 0.3) is 6.08 Å². The number of imide groups is 1. The largest absolute Gasteiger partial charge is 0.366 e. The first kappa shape index (κ1) is 16.9. The molecular weight excluding hydrogens is 367 g/mol. The lowest BCUT2D eigenvalue weighted by molar-refractivity contribution is -0.122. The Morgan fingerprint density at radius 1 is 1.08 bits per heavy atom. The summed E-state index contributed by atoms with van der Waals surface area (Å²) in [6, 6.07) is 14.3. The molecule has 24 heavy (non-hydrogen) atoms. The van der Waals surface area contributed by atoms with Crippen LogP contribution in [0.3, 0.4) is 0 Å². The van der Waals surface area contributed by atoms with E-state index in [1.807, 2.05) is 30.3 Å². The first-order chi connectivity index (χ1) is 11.5. The third-order valence-electron chi connectivity index (χ3n) is 3.33. The first-order valence-corrected chi connectivity index (χ1v) is 8.61. The van der Waals surface area contributed by atoms with Crippen molar-refractivity contribution in [2.75, 3.05) is 12.0 Å². The monoisotopic (exact) mass is 378 g/mol. The van der Waals surface area contributed by atoms with Gasteiger partial charge in [0.2, 0.25) is 0 Å². The highest BCUT2D eigenvalue weighted by atomic mass is 35.5. The van der Waals surface area contributed by atoms with Gasteiger partial charge in [-0.05, 0) is 41.6 Å². The third-order valence-corrected chi connectivity index (χ3v) is 4.80. The maximum Gasteiger partial charge on any atom is 0.295 e.